The molecular weight excluding hydrogens is 484 g/mol. The zero-order valence-electron chi connectivity index (χ0n) is 21.5. The normalized spacial score (nSPS) is 11.7. The van der Waals surface area contributed by atoms with Crippen molar-refractivity contribution in [3.05, 3.63) is 119 Å². The monoisotopic (exact) mass is 513 g/mol. The summed E-state index contributed by atoms with van der Waals surface area (Å²) in [4.78, 5) is 26.3. The molecule has 38 heavy (non-hydrogen) atoms. The number of carbonyl (C=O) groups is 2. The van der Waals surface area contributed by atoms with Crippen molar-refractivity contribution in [2.75, 3.05) is 5.32 Å². The molecule has 4 aromatic carbocycles. The van der Waals surface area contributed by atoms with Gasteiger partial charge in [0.05, 0.1) is 11.5 Å². The maximum Gasteiger partial charge on any atom is 0.318 e. The van der Waals surface area contributed by atoms with Gasteiger partial charge in [-0.05, 0) is 72.4 Å². The van der Waals surface area contributed by atoms with E-state index in [-0.39, 0.29) is 16.9 Å². The number of rotatable bonds is 8. The van der Waals surface area contributed by atoms with Crippen molar-refractivity contribution in [3.63, 3.8) is 0 Å². The molecule has 0 heterocycles. The van der Waals surface area contributed by atoms with E-state index in [1.54, 1.807) is 31.2 Å². The summed E-state index contributed by atoms with van der Waals surface area (Å²) >= 11 is 0. The molecule has 0 aliphatic carbocycles. The van der Waals surface area contributed by atoms with Crippen LogP contribution in [0.15, 0.2) is 91.0 Å². The zero-order chi connectivity index (χ0) is 27.2. The molecule has 1 atom stereocenters. The molecule has 0 aromatic heterocycles. The van der Waals surface area contributed by atoms with Crippen LogP contribution in [0, 0.1) is 17.6 Å². The number of benzene rings is 4. The fourth-order valence-corrected chi connectivity index (χ4v) is 4.15. The first-order chi connectivity index (χ1) is 18.2. The molecule has 1 N–H and O–H groups in total. The number of hydrogen-bond acceptors (Lipinski definition) is 3. The second kappa shape index (κ2) is 11.8. The lowest BCUT2D eigenvalue weighted by molar-refractivity contribution is -0.135. The van der Waals surface area contributed by atoms with Crippen molar-refractivity contribution in [1.29, 1.82) is 0 Å². The highest BCUT2D eigenvalue weighted by Gasteiger charge is 2.22. The Morgan fingerprint density at radius 1 is 0.842 bits per heavy atom. The van der Waals surface area contributed by atoms with E-state index in [1.807, 2.05) is 30.3 Å². The van der Waals surface area contributed by atoms with E-state index in [1.165, 1.54) is 29.8 Å². The van der Waals surface area contributed by atoms with Gasteiger partial charge in [-0.2, -0.15) is 0 Å². The lowest BCUT2D eigenvalue weighted by atomic mass is 9.97. The highest BCUT2D eigenvalue weighted by molar-refractivity contribution is 6.07. The summed E-state index contributed by atoms with van der Waals surface area (Å²) in [6.07, 6.45) is 0.944. The lowest BCUT2D eigenvalue weighted by Crippen LogP contribution is -2.19. The van der Waals surface area contributed by atoms with Gasteiger partial charge >= 0.3 is 5.97 Å². The molecule has 0 aliphatic heterocycles. The van der Waals surface area contributed by atoms with Crippen LogP contribution in [-0.2, 0) is 11.2 Å². The van der Waals surface area contributed by atoms with Crippen LogP contribution >= 0.6 is 0 Å². The summed E-state index contributed by atoms with van der Waals surface area (Å²) in [6, 6.07) is 24.3. The van der Waals surface area contributed by atoms with Crippen LogP contribution in [-0.4, -0.2) is 11.9 Å². The minimum Gasteiger partial charge on any atom is -0.425 e. The van der Waals surface area contributed by atoms with Gasteiger partial charge < -0.3 is 10.1 Å². The van der Waals surface area contributed by atoms with Crippen molar-refractivity contribution >= 4 is 17.6 Å². The van der Waals surface area contributed by atoms with E-state index < -0.39 is 29.4 Å². The number of amides is 1. The number of esters is 1. The average molecular weight is 514 g/mol. The number of hydrogen-bond donors (Lipinski definition) is 1. The Labute approximate surface area is 221 Å². The summed E-state index contributed by atoms with van der Waals surface area (Å²) in [5.74, 6) is -2.55. The topological polar surface area (TPSA) is 55.4 Å². The predicted octanol–water partition coefficient (Wildman–Crippen LogP) is 7.79. The number of halogens is 2. The minimum absolute atomic E-state index is 0.0398. The van der Waals surface area contributed by atoms with Crippen molar-refractivity contribution in [3.8, 4) is 16.9 Å². The average Bonchev–Trinajstić information content (AvgIpc) is 2.89. The molecule has 194 valence electrons. The molecule has 1 unspecified atom stereocenters. The Bertz CT molecular complexity index is 1430. The fraction of sp³-hybridized carbons (Fsp3) is 0.188. The molecule has 0 fully saturated rings. The van der Waals surface area contributed by atoms with E-state index in [2.05, 4.69) is 19.2 Å². The van der Waals surface area contributed by atoms with Crippen LogP contribution in [0.1, 0.15) is 48.2 Å². The molecule has 0 saturated carbocycles. The highest BCUT2D eigenvalue weighted by atomic mass is 19.1. The van der Waals surface area contributed by atoms with Crippen LogP contribution in [0.3, 0.4) is 0 Å². The second-order valence-corrected chi connectivity index (χ2v) is 9.64. The molecule has 4 rings (SSSR count). The van der Waals surface area contributed by atoms with Crippen LogP contribution in [0.25, 0.3) is 11.1 Å². The van der Waals surface area contributed by atoms with Crippen LogP contribution in [0.5, 0.6) is 5.75 Å². The molecule has 0 spiro atoms. The van der Waals surface area contributed by atoms with E-state index in [9.17, 15) is 18.4 Å². The van der Waals surface area contributed by atoms with Gasteiger partial charge in [0.2, 0.25) is 0 Å². The quantitative estimate of drug-likeness (QED) is 0.193. The van der Waals surface area contributed by atoms with Gasteiger partial charge in [0.25, 0.3) is 5.91 Å². The van der Waals surface area contributed by atoms with Gasteiger partial charge in [0.1, 0.15) is 17.4 Å². The summed E-state index contributed by atoms with van der Waals surface area (Å²) in [5, 5.41) is 2.77. The Hall–Kier alpha value is -4.32. The molecule has 0 aliphatic rings. The Morgan fingerprint density at radius 3 is 2.21 bits per heavy atom. The number of carbonyl (C=O) groups excluding carboxylic acids is 2. The van der Waals surface area contributed by atoms with Crippen molar-refractivity contribution in [2.24, 2.45) is 5.92 Å². The maximum atomic E-state index is 14.5. The number of anilines is 1. The largest absolute Gasteiger partial charge is 0.425 e. The van der Waals surface area contributed by atoms with Gasteiger partial charge in [0.15, 0.2) is 0 Å². The first-order valence-corrected chi connectivity index (χ1v) is 12.5. The Balaban J connectivity index is 1.63. The summed E-state index contributed by atoms with van der Waals surface area (Å²) in [6.45, 7) is 6.04. The lowest BCUT2D eigenvalue weighted by Gasteiger charge is -2.16. The maximum absolute atomic E-state index is 14.5. The van der Waals surface area contributed by atoms with Gasteiger partial charge in [0, 0.05) is 17.3 Å². The molecule has 4 aromatic rings. The van der Waals surface area contributed by atoms with Gasteiger partial charge in [-0.3, -0.25) is 9.59 Å². The Kier molecular flexibility index (Phi) is 8.31. The molecule has 0 saturated heterocycles. The van der Waals surface area contributed by atoms with E-state index >= 15 is 0 Å². The third kappa shape index (κ3) is 6.51. The molecule has 4 nitrogen and oxygen atoms in total. The predicted molar refractivity (Wildman–Crippen MR) is 145 cm³/mol. The van der Waals surface area contributed by atoms with Gasteiger partial charge in [-0.1, -0.05) is 62.4 Å². The third-order valence-electron chi connectivity index (χ3n) is 6.19. The van der Waals surface area contributed by atoms with E-state index in [0.29, 0.717) is 17.2 Å². The van der Waals surface area contributed by atoms with Crippen molar-refractivity contribution in [2.45, 2.75) is 33.1 Å². The standard InChI is InChI=1S/C32H29F2NO3/c1-20(2)17-22-9-11-23(12-10-22)21(3)32(37)38-30-16-13-24(27-15-14-25(33)19-29(27)34)18-28(30)31(36)35-26-7-5-4-6-8-26/h4-16,18-21H,17H2,1-3H3,(H,35,36). The van der Waals surface area contributed by atoms with Crippen molar-refractivity contribution in [1.82, 2.24) is 0 Å². The van der Waals surface area contributed by atoms with Crippen LogP contribution in [0.2, 0.25) is 0 Å². The van der Waals surface area contributed by atoms with Gasteiger partial charge in [-0.25, -0.2) is 8.78 Å². The highest BCUT2D eigenvalue weighted by Crippen LogP contribution is 2.31. The molecular formula is C32H29F2NO3. The molecule has 1 amide bonds. The first kappa shape index (κ1) is 26.7. The number of para-hydroxylation sites is 1. The SMILES string of the molecule is CC(C)Cc1ccc(C(C)C(=O)Oc2ccc(-c3ccc(F)cc3F)cc2C(=O)Nc2ccccc2)cc1. The molecule has 0 bridgehead atoms. The summed E-state index contributed by atoms with van der Waals surface area (Å²) in [5.41, 5.74) is 3.03. The first-order valence-electron chi connectivity index (χ1n) is 12.5. The van der Waals surface area contributed by atoms with Gasteiger partial charge in [-0.15, -0.1) is 0 Å². The van der Waals surface area contributed by atoms with Crippen LogP contribution < -0.4 is 10.1 Å². The second-order valence-electron chi connectivity index (χ2n) is 9.64. The molecule has 6 heteroatoms. The van der Waals surface area contributed by atoms with Crippen LogP contribution in [0.4, 0.5) is 14.5 Å². The third-order valence-corrected chi connectivity index (χ3v) is 6.19. The number of nitrogens with one attached hydrogen (secondary N) is 1. The minimum atomic E-state index is -0.765. The summed E-state index contributed by atoms with van der Waals surface area (Å²) < 4.78 is 33.6. The molecule has 0 radical (unpaired) electrons. The summed E-state index contributed by atoms with van der Waals surface area (Å²) in [7, 11) is 0. The van der Waals surface area contributed by atoms with E-state index in [0.717, 1.165) is 24.1 Å². The Morgan fingerprint density at radius 2 is 1.55 bits per heavy atom. The van der Waals surface area contributed by atoms with E-state index in [4.69, 9.17) is 4.74 Å². The fourth-order valence-electron chi connectivity index (χ4n) is 4.15. The number of ether oxygens (including phenoxy) is 1. The smallest absolute Gasteiger partial charge is 0.318 e. The zero-order valence-corrected chi connectivity index (χ0v) is 21.5. The van der Waals surface area contributed by atoms with Crippen molar-refractivity contribution < 1.29 is 23.1 Å².